The molecule has 0 bridgehead atoms. The summed E-state index contributed by atoms with van der Waals surface area (Å²) in [5.74, 6) is -1.57. The molecule has 0 aliphatic rings. The Morgan fingerprint density at radius 3 is 2.19 bits per heavy atom. The smallest absolute Gasteiger partial charge is 0.410 e. The molecule has 2 amide bonds. The van der Waals surface area contributed by atoms with Gasteiger partial charge in [0, 0.05) is 7.05 Å². The van der Waals surface area contributed by atoms with Gasteiger partial charge in [0.1, 0.15) is 17.4 Å². The zero-order valence-electron chi connectivity index (χ0n) is 15.6. The number of phenols is 1. The van der Waals surface area contributed by atoms with Crippen LogP contribution >= 0.6 is 0 Å². The first-order valence-electron chi connectivity index (χ1n) is 8.17. The number of likely N-dealkylation sites (N-methyl/N-ethyl adjacent to an activating group) is 1. The first kappa shape index (κ1) is 21.3. The number of nitrogens with zero attached hydrogens (tertiary/aromatic N) is 1. The van der Waals surface area contributed by atoms with Gasteiger partial charge in [0.15, 0.2) is 0 Å². The molecule has 1 rings (SSSR count). The van der Waals surface area contributed by atoms with Crippen LogP contribution in [-0.4, -0.2) is 51.8 Å². The van der Waals surface area contributed by atoms with Crippen molar-refractivity contribution >= 4 is 18.0 Å². The minimum Gasteiger partial charge on any atom is -0.508 e. The fourth-order valence-electron chi connectivity index (χ4n) is 2.09. The quantitative estimate of drug-likeness (QED) is 0.711. The molecule has 1 aromatic carbocycles. The highest BCUT2D eigenvalue weighted by Crippen LogP contribution is 2.20. The summed E-state index contributed by atoms with van der Waals surface area (Å²) in [6, 6.07) is 4.23. The summed E-state index contributed by atoms with van der Waals surface area (Å²) in [5, 5.41) is 21.1. The van der Waals surface area contributed by atoms with Crippen molar-refractivity contribution in [1.82, 2.24) is 10.2 Å². The number of carbonyl (C=O) groups is 3. The number of benzene rings is 1. The van der Waals surface area contributed by atoms with E-state index in [1.807, 2.05) is 0 Å². The maximum Gasteiger partial charge on any atom is 0.410 e. The zero-order valence-corrected chi connectivity index (χ0v) is 15.6. The first-order valence-corrected chi connectivity index (χ1v) is 8.17. The van der Waals surface area contributed by atoms with Crippen LogP contribution in [0.25, 0.3) is 0 Å². The maximum absolute atomic E-state index is 12.5. The lowest BCUT2D eigenvalue weighted by molar-refractivity contribution is -0.138. The van der Waals surface area contributed by atoms with Crippen LogP contribution in [0.15, 0.2) is 24.3 Å². The van der Waals surface area contributed by atoms with Gasteiger partial charge in [-0.1, -0.05) is 12.1 Å². The number of aromatic hydroxyl groups is 1. The lowest BCUT2D eigenvalue weighted by atomic mass is 10.0. The van der Waals surface area contributed by atoms with Crippen molar-refractivity contribution in [3.05, 3.63) is 29.8 Å². The second-order valence-corrected chi connectivity index (χ2v) is 7.02. The fraction of sp³-hybridized carbons (Fsp3) is 0.500. The topological polar surface area (TPSA) is 116 Å². The van der Waals surface area contributed by atoms with Crippen LogP contribution in [0.2, 0.25) is 0 Å². The van der Waals surface area contributed by atoms with E-state index in [9.17, 15) is 19.5 Å². The Bertz CT molecular complexity index is 651. The van der Waals surface area contributed by atoms with E-state index in [2.05, 4.69) is 5.32 Å². The van der Waals surface area contributed by atoms with E-state index in [0.29, 0.717) is 5.56 Å². The van der Waals surface area contributed by atoms with Gasteiger partial charge < -0.3 is 20.3 Å². The minimum absolute atomic E-state index is 0.0344. The van der Waals surface area contributed by atoms with Gasteiger partial charge in [-0.25, -0.2) is 4.79 Å². The molecule has 0 saturated heterocycles. The molecule has 0 aliphatic carbocycles. The van der Waals surface area contributed by atoms with Crippen molar-refractivity contribution in [2.75, 3.05) is 7.05 Å². The van der Waals surface area contributed by atoms with Crippen LogP contribution in [0.1, 0.15) is 45.7 Å². The van der Waals surface area contributed by atoms with Gasteiger partial charge in [-0.15, -0.1) is 0 Å². The van der Waals surface area contributed by atoms with E-state index in [0.717, 1.165) is 4.90 Å². The number of carboxylic acid groups (broad SMARTS) is 1. The van der Waals surface area contributed by atoms with E-state index in [4.69, 9.17) is 9.84 Å². The normalized spacial score (nSPS) is 13.4. The molecule has 0 spiro atoms. The third-order valence-corrected chi connectivity index (χ3v) is 3.63. The molecule has 8 heteroatoms. The number of carbonyl (C=O) groups excluding carboxylic acids is 2. The van der Waals surface area contributed by atoms with Gasteiger partial charge in [0.2, 0.25) is 5.91 Å². The Labute approximate surface area is 152 Å². The molecule has 0 heterocycles. The van der Waals surface area contributed by atoms with E-state index in [1.165, 1.54) is 38.2 Å². The van der Waals surface area contributed by atoms with Gasteiger partial charge in [0.25, 0.3) is 0 Å². The Hall–Kier alpha value is -2.77. The van der Waals surface area contributed by atoms with E-state index < -0.39 is 35.7 Å². The number of carboxylic acids is 1. The highest BCUT2D eigenvalue weighted by Gasteiger charge is 2.29. The van der Waals surface area contributed by atoms with E-state index in [1.54, 1.807) is 20.8 Å². The SMILES string of the molecule is C[C@@H](C(=O)NC(CC(=O)O)c1ccc(O)cc1)N(C)C(=O)OC(C)(C)C. The fourth-order valence-corrected chi connectivity index (χ4v) is 2.09. The van der Waals surface area contributed by atoms with Crippen LogP contribution < -0.4 is 5.32 Å². The van der Waals surface area contributed by atoms with Gasteiger partial charge in [-0.2, -0.15) is 0 Å². The third-order valence-electron chi connectivity index (χ3n) is 3.63. The summed E-state index contributed by atoms with van der Waals surface area (Å²) in [6.45, 7) is 6.68. The Balaban J connectivity index is 2.86. The lowest BCUT2D eigenvalue weighted by Crippen LogP contribution is -2.48. The molecule has 1 aromatic rings. The number of nitrogens with one attached hydrogen (secondary N) is 1. The highest BCUT2D eigenvalue weighted by atomic mass is 16.6. The average molecular weight is 366 g/mol. The zero-order chi connectivity index (χ0) is 20.1. The molecule has 144 valence electrons. The number of amides is 2. The molecule has 0 radical (unpaired) electrons. The molecule has 26 heavy (non-hydrogen) atoms. The van der Waals surface area contributed by atoms with Crippen LogP contribution in [0, 0.1) is 0 Å². The second-order valence-electron chi connectivity index (χ2n) is 7.02. The Kier molecular flexibility index (Phi) is 7.00. The van der Waals surface area contributed by atoms with Crippen molar-refractivity contribution in [3.63, 3.8) is 0 Å². The molecule has 0 saturated carbocycles. The summed E-state index contributed by atoms with van der Waals surface area (Å²) in [6.07, 6.45) is -0.987. The van der Waals surface area contributed by atoms with Crippen LogP contribution in [0.3, 0.4) is 0 Å². The summed E-state index contributed by atoms with van der Waals surface area (Å²) >= 11 is 0. The standard InChI is InChI=1S/C18H26N2O6/c1-11(20(5)17(25)26-18(2,3)4)16(24)19-14(10-15(22)23)12-6-8-13(21)9-7-12/h6-9,11,14,21H,10H2,1-5H3,(H,19,24)(H,22,23)/t11-,14?/m0/s1. The van der Waals surface area contributed by atoms with Crippen molar-refractivity contribution in [2.24, 2.45) is 0 Å². The minimum atomic E-state index is -1.09. The molecule has 1 unspecified atom stereocenters. The van der Waals surface area contributed by atoms with Crippen molar-refractivity contribution in [3.8, 4) is 5.75 Å². The van der Waals surface area contributed by atoms with Crippen LogP contribution in [0.4, 0.5) is 4.79 Å². The lowest BCUT2D eigenvalue weighted by Gasteiger charge is -2.29. The predicted octanol–water partition coefficient (Wildman–Crippen LogP) is 2.28. The number of rotatable bonds is 6. The number of aliphatic carboxylic acids is 1. The van der Waals surface area contributed by atoms with Crippen molar-refractivity contribution < 1.29 is 29.3 Å². The molecule has 2 atom stereocenters. The third kappa shape index (κ3) is 6.62. The first-order chi connectivity index (χ1) is 11.9. The molecular weight excluding hydrogens is 340 g/mol. The van der Waals surface area contributed by atoms with Crippen LogP contribution in [0.5, 0.6) is 5.75 Å². The van der Waals surface area contributed by atoms with Gasteiger partial charge in [-0.3, -0.25) is 14.5 Å². The maximum atomic E-state index is 12.5. The summed E-state index contributed by atoms with van der Waals surface area (Å²) in [4.78, 5) is 36.8. The predicted molar refractivity (Wildman–Crippen MR) is 94.7 cm³/mol. The number of hydrogen-bond acceptors (Lipinski definition) is 5. The monoisotopic (exact) mass is 366 g/mol. The van der Waals surface area contributed by atoms with Gasteiger partial charge in [-0.05, 0) is 45.4 Å². The summed E-state index contributed by atoms with van der Waals surface area (Å²) < 4.78 is 5.22. The summed E-state index contributed by atoms with van der Waals surface area (Å²) in [5.41, 5.74) is -0.162. The number of ether oxygens (including phenoxy) is 1. The largest absolute Gasteiger partial charge is 0.508 e. The Morgan fingerprint density at radius 2 is 1.73 bits per heavy atom. The summed E-state index contributed by atoms with van der Waals surface area (Å²) in [7, 11) is 1.44. The number of hydrogen-bond donors (Lipinski definition) is 3. The molecule has 0 fully saturated rings. The van der Waals surface area contributed by atoms with Crippen molar-refractivity contribution in [1.29, 1.82) is 0 Å². The van der Waals surface area contributed by atoms with Gasteiger partial charge >= 0.3 is 12.1 Å². The van der Waals surface area contributed by atoms with Crippen molar-refractivity contribution in [2.45, 2.75) is 51.8 Å². The van der Waals surface area contributed by atoms with E-state index >= 15 is 0 Å². The number of phenolic OH excluding ortho intramolecular Hbond substituents is 1. The molecule has 0 aliphatic heterocycles. The van der Waals surface area contributed by atoms with Crippen LogP contribution in [-0.2, 0) is 14.3 Å². The molecule has 8 nitrogen and oxygen atoms in total. The Morgan fingerprint density at radius 1 is 1.19 bits per heavy atom. The average Bonchev–Trinajstić information content (AvgIpc) is 2.51. The molecular formula is C18H26N2O6. The highest BCUT2D eigenvalue weighted by molar-refractivity contribution is 5.86. The van der Waals surface area contributed by atoms with Gasteiger partial charge in [0.05, 0.1) is 12.5 Å². The van der Waals surface area contributed by atoms with E-state index in [-0.39, 0.29) is 12.2 Å². The molecule has 3 N–H and O–H groups in total. The molecule has 0 aromatic heterocycles. The second kappa shape index (κ2) is 8.55.